The maximum absolute atomic E-state index is 13.1. The Morgan fingerprint density at radius 2 is 1.84 bits per heavy atom. The predicted molar refractivity (Wildman–Crippen MR) is 118 cm³/mol. The first-order valence-corrected chi connectivity index (χ1v) is 11.7. The summed E-state index contributed by atoms with van der Waals surface area (Å²) in [5.74, 6) is 1.14. The van der Waals surface area contributed by atoms with Gasteiger partial charge in [-0.3, -0.25) is 4.79 Å². The highest BCUT2D eigenvalue weighted by Gasteiger charge is 2.33. The molecule has 1 N–H and O–H groups in total. The standard InChI is InChI=1S/C22H24N4O5S/c1-15(27)23-18-7-11-20(12-8-18)32(28,29)26-13-3-4-17(14-26)22-25-24-21(31-22)16-5-9-19(30-2)10-6-16/h5-12,17H,3-4,13-14H2,1-2H3,(H,23,27)/t17-/m0/s1. The van der Waals surface area contributed by atoms with Crippen molar-refractivity contribution in [1.29, 1.82) is 0 Å². The second kappa shape index (κ2) is 9.09. The van der Waals surface area contributed by atoms with Crippen LogP contribution in [0.2, 0.25) is 0 Å². The molecule has 0 unspecified atom stereocenters. The van der Waals surface area contributed by atoms with Crippen LogP contribution in [-0.4, -0.2) is 49.0 Å². The highest BCUT2D eigenvalue weighted by atomic mass is 32.2. The molecule has 32 heavy (non-hydrogen) atoms. The molecule has 1 aliphatic rings. The molecule has 0 radical (unpaired) electrons. The van der Waals surface area contributed by atoms with Crippen LogP contribution in [0, 0.1) is 0 Å². The van der Waals surface area contributed by atoms with Gasteiger partial charge in [0.25, 0.3) is 0 Å². The molecule has 1 saturated heterocycles. The number of carbonyl (C=O) groups excluding carboxylic acids is 1. The summed E-state index contributed by atoms with van der Waals surface area (Å²) in [7, 11) is -2.09. The number of rotatable bonds is 6. The zero-order chi connectivity index (χ0) is 22.7. The van der Waals surface area contributed by atoms with Crippen LogP contribution in [0.25, 0.3) is 11.5 Å². The summed E-state index contributed by atoms with van der Waals surface area (Å²) in [6.45, 7) is 2.09. The molecule has 10 heteroatoms. The van der Waals surface area contributed by atoms with Crippen LogP contribution in [0.15, 0.2) is 57.8 Å². The Kier molecular flexibility index (Phi) is 6.24. The number of amides is 1. The van der Waals surface area contributed by atoms with E-state index in [4.69, 9.17) is 9.15 Å². The zero-order valence-corrected chi connectivity index (χ0v) is 18.6. The number of ether oxygens (including phenoxy) is 1. The number of methoxy groups -OCH3 is 1. The molecule has 2 heterocycles. The smallest absolute Gasteiger partial charge is 0.247 e. The number of benzene rings is 2. The van der Waals surface area contributed by atoms with E-state index < -0.39 is 10.0 Å². The molecule has 1 aromatic heterocycles. The van der Waals surface area contributed by atoms with Crippen LogP contribution in [0.1, 0.15) is 31.6 Å². The van der Waals surface area contributed by atoms with Gasteiger partial charge in [0.2, 0.25) is 27.7 Å². The first kappa shape index (κ1) is 22.0. The molecule has 2 aromatic carbocycles. The van der Waals surface area contributed by atoms with Gasteiger partial charge in [-0.15, -0.1) is 10.2 Å². The van der Waals surface area contributed by atoms with E-state index in [1.165, 1.54) is 23.4 Å². The molecule has 4 rings (SSSR count). The van der Waals surface area contributed by atoms with Crippen molar-refractivity contribution >= 4 is 21.6 Å². The predicted octanol–water partition coefficient (Wildman–Crippen LogP) is 3.27. The van der Waals surface area contributed by atoms with Crippen LogP contribution < -0.4 is 10.1 Å². The number of nitrogens with one attached hydrogen (secondary N) is 1. The van der Waals surface area contributed by atoms with Gasteiger partial charge in [0.05, 0.1) is 17.9 Å². The number of hydrogen-bond donors (Lipinski definition) is 1. The van der Waals surface area contributed by atoms with Crippen molar-refractivity contribution in [3.8, 4) is 17.2 Å². The van der Waals surface area contributed by atoms with Gasteiger partial charge in [0.15, 0.2) is 0 Å². The number of aromatic nitrogens is 2. The molecule has 1 amide bonds. The normalized spacial score (nSPS) is 17.1. The third-order valence-corrected chi connectivity index (χ3v) is 7.20. The molecular weight excluding hydrogens is 432 g/mol. The van der Waals surface area contributed by atoms with E-state index in [1.54, 1.807) is 19.2 Å². The highest BCUT2D eigenvalue weighted by Crippen LogP contribution is 2.31. The van der Waals surface area contributed by atoms with E-state index in [9.17, 15) is 13.2 Å². The molecule has 0 aliphatic carbocycles. The third-order valence-electron chi connectivity index (χ3n) is 5.32. The number of carbonyl (C=O) groups is 1. The lowest BCUT2D eigenvalue weighted by molar-refractivity contribution is -0.114. The maximum Gasteiger partial charge on any atom is 0.247 e. The quantitative estimate of drug-likeness (QED) is 0.605. The Labute approximate surface area is 186 Å². The van der Waals surface area contributed by atoms with Crippen molar-refractivity contribution < 1.29 is 22.4 Å². The van der Waals surface area contributed by atoms with E-state index in [1.807, 2.05) is 24.3 Å². The van der Waals surface area contributed by atoms with Crippen LogP contribution >= 0.6 is 0 Å². The molecule has 1 fully saturated rings. The Morgan fingerprint density at radius 1 is 1.12 bits per heavy atom. The molecule has 9 nitrogen and oxygen atoms in total. The van der Waals surface area contributed by atoms with Gasteiger partial charge in [0, 0.05) is 31.3 Å². The van der Waals surface area contributed by atoms with Crippen molar-refractivity contribution in [3.05, 3.63) is 54.4 Å². The third kappa shape index (κ3) is 4.66. The fourth-order valence-electron chi connectivity index (χ4n) is 3.67. The zero-order valence-electron chi connectivity index (χ0n) is 17.8. The van der Waals surface area contributed by atoms with Crippen LogP contribution in [0.5, 0.6) is 5.75 Å². The Bertz CT molecular complexity index is 1190. The SMILES string of the molecule is COc1ccc(-c2nnc([C@H]3CCCN(S(=O)(=O)c4ccc(NC(C)=O)cc4)C3)o2)cc1. The molecule has 1 atom stereocenters. The van der Waals surface area contributed by atoms with E-state index in [0.29, 0.717) is 30.4 Å². The Balaban J connectivity index is 1.49. The van der Waals surface area contributed by atoms with Gasteiger partial charge >= 0.3 is 0 Å². The van der Waals surface area contributed by atoms with Gasteiger partial charge in [-0.2, -0.15) is 4.31 Å². The fourth-order valence-corrected chi connectivity index (χ4v) is 5.20. The van der Waals surface area contributed by atoms with Gasteiger partial charge in [-0.25, -0.2) is 8.42 Å². The highest BCUT2D eigenvalue weighted by molar-refractivity contribution is 7.89. The topological polar surface area (TPSA) is 115 Å². The molecule has 0 spiro atoms. The average Bonchev–Trinajstić information content (AvgIpc) is 3.30. The summed E-state index contributed by atoms with van der Waals surface area (Å²) >= 11 is 0. The molecule has 3 aromatic rings. The molecule has 0 bridgehead atoms. The van der Waals surface area contributed by atoms with Crippen LogP contribution in [0.4, 0.5) is 5.69 Å². The molecule has 168 valence electrons. The van der Waals surface area contributed by atoms with Gasteiger partial charge in [-0.1, -0.05) is 0 Å². The second-order valence-electron chi connectivity index (χ2n) is 7.58. The van der Waals surface area contributed by atoms with Crippen LogP contribution in [-0.2, 0) is 14.8 Å². The summed E-state index contributed by atoms with van der Waals surface area (Å²) < 4.78 is 38.8. The van der Waals surface area contributed by atoms with Crippen molar-refractivity contribution in [2.75, 3.05) is 25.5 Å². The summed E-state index contributed by atoms with van der Waals surface area (Å²) in [5.41, 5.74) is 1.31. The number of anilines is 1. The second-order valence-corrected chi connectivity index (χ2v) is 9.52. The maximum atomic E-state index is 13.1. The summed E-state index contributed by atoms with van der Waals surface area (Å²) in [6, 6.07) is 13.4. The first-order chi connectivity index (χ1) is 15.4. The number of hydrogen-bond acceptors (Lipinski definition) is 7. The first-order valence-electron chi connectivity index (χ1n) is 10.2. The average molecular weight is 457 g/mol. The van der Waals surface area contributed by atoms with E-state index in [2.05, 4.69) is 15.5 Å². The largest absolute Gasteiger partial charge is 0.497 e. The molecular formula is C22H24N4O5S. The number of sulfonamides is 1. The monoisotopic (exact) mass is 456 g/mol. The minimum atomic E-state index is -3.68. The fraction of sp³-hybridized carbons (Fsp3) is 0.318. The summed E-state index contributed by atoms with van der Waals surface area (Å²) in [5, 5.41) is 10.9. The van der Waals surface area contributed by atoms with Crippen molar-refractivity contribution in [3.63, 3.8) is 0 Å². The van der Waals surface area contributed by atoms with Crippen LogP contribution in [0.3, 0.4) is 0 Å². The Hall–Kier alpha value is -3.24. The van der Waals surface area contributed by atoms with E-state index in [-0.39, 0.29) is 23.3 Å². The lowest BCUT2D eigenvalue weighted by Gasteiger charge is -2.30. The van der Waals surface area contributed by atoms with Crippen molar-refractivity contribution in [1.82, 2.24) is 14.5 Å². The minimum absolute atomic E-state index is 0.178. The minimum Gasteiger partial charge on any atom is -0.497 e. The van der Waals surface area contributed by atoms with Crippen molar-refractivity contribution in [2.24, 2.45) is 0 Å². The van der Waals surface area contributed by atoms with Crippen molar-refractivity contribution in [2.45, 2.75) is 30.6 Å². The molecule has 1 aliphatic heterocycles. The van der Waals surface area contributed by atoms with Gasteiger partial charge in [0.1, 0.15) is 5.75 Å². The number of nitrogens with zero attached hydrogens (tertiary/aromatic N) is 3. The molecule has 0 saturated carbocycles. The summed E-state index contributed by atoms with van der Waals surface area (Å²) in [6.07, 6.45) is 1.45. The summed E-state index contributed by atoms with van der Waals surface area (Å²) in [4.78, 5) is 11.3. The van der Waals surface area contributed by atoms with E-state index in [0.717, 1.165) is 17.7 Å². The van der Waals surface area contributed by atoms with Gasteiger partial charge in [-0.05, 0) is 61.4 Å². The van der Waals surface area contributed by atoms with E-state index >= 15 is 0 Å². The lowest BCUT2D eigenvalue weighted by Crippen LogP contribution is -2.39. The Morgan fingerprint density at radius 3 is 2.50 bits per heavy atom. The van der Waals surface area contributed by atoms with Gasteiger partial charge < -0.3 is 14.5 Å². The lowest BCUT2D eigenvalue weighted by atomic mass is 10.00. The number of piperidine rings is 1.